The third kappa shape index (κ3) is 2.67. The summed E-state index contributed by atoms with van der Waals surface area (Å²) < 4.78 is 4.71. The Morgan fingerprint density at radius 3 is 3.08 bits per heavy atom. The Balaban J connectivity index is 0.000000845. The summed E-state index contributed by atoms with van der Waals surface area (Å²) in [5.41, 5.74) is 0. The lowest BCUT2D eigenvalue weighted by molar-refractivity contribution is 0.393. The number of nitrogens with one attached hydrogen (secondary N) is 1. The second-order valence-corrected chi connectivity index (χ2v) is 3.15. The molecule has 1 unspecified atom stereocenters. The first-order valence-corrected chi connectivity index (χ1v) is 4.46. The van der Waals surface area contributed by atoms with E-state index >= 15 is 0 Å². The van der Waals surface area contributed by atoms with Crippen LogP contribution < -0.4 is 5.32 Å². The maximum absolute atomic E-state index is 4.71. The van der Waals surface area contributed by atoms with E-state index < -0.39 is 0 Å². The van der Waals surface area contributed by atoms with E-state index in [2.05, 4.69) is 15.5 Å². The largest absolute Gasteiger partial charge is 0.343 e. The molecule has 1 N–H and O–H groups in total. The van der Waals surface area contributed by atoms with E-state index in [1.165, 1.54) is 25.7 Å². The summed E-state index contributed by atoms with van der Waals surface area (Å²) in [5, 5.41) is 7.23. The van der Waals surface area contributed by atoms with Gasteiger partial charge in [0.1, 0.15) is 0 Å². The van der Waals surface area contributed by atoms with Crippen LogP contribution in [0.4, 0.5) is 0 Å². The molecule has 2 rings (SSSR count). The predicted molar refractivity (Wildman–Crippen MR) is 50.8 cm³/mol. The molecule has 2 heterocycles. The van der Waals surface area contributed by atoms with E-state index in [1.54, 1.807) is 0 Å². The van der Waals surface area contributed by atoms with Crippen LogP contribution in [0.1, 0.15) is 37.5 Å². The fourth-order valence-corrected chi connectivity index (χ4v) is 1.58. The third-order valence-corrected chi connectivity index (χ3v) is 2.25. The average molecular weight is 204 g/mol. The van der Waals surface area contributed by atoms with E-state index in [-0.39, 0.29) is 12.4 Å². The van der Waals surface area contributed by atoms with E-state index in [1.807, 2.05) is 0 Å². The van der Waals surface area contributed by atoms with Crippen molar-refractivity contribution in [2.45, 2.75) is 31.7 Å². The van der Waals surface area contributed by atoms with Gasteiger partial charge in [-0.05, 0) is 19.4 Å². The highest BCUT2D eigenvalue weighted by molar-refractivity contribution is 5.85. The number of aromatic nitrogens is 2. The molecule has 0 bridgehead atoms. The van der Waals surface area contributed by atoms with Crippen molar-refractivity contribution in [2.24, 2.45) is 0 Å². The van der Waals surface area contributed by atoms with Crippen LogP contribution in [-0.4, -0.2) is 16.7 Å². The molecule has 1 aromatic heterocycles. The lowest BCUT2D eigenvalue weighted by Gasteiger charge is -2.09. The van der Waals surface area contributed by atoms with Gasteiger partial charge in [-0.3, -0.25) is 0 Å². The number of rotatable bonds is 1. The van der Waals surface area contributed by atoms with Crippen molar-refractivity contribution in [3.63, 3.8) is 0 Å². The molecule has 0 radical (unpaired) electrons. The molecule has 13 heavy (non-hydrogen) atoms. The van der Waals surface area contributed by atoms with Crippen LogP contribution in [0.3, 0.4) is 0 Å². The highest BCUT2D eigenvalue weighted by Gasteiger charge is 2.16. The van der Waals surface area contributed by atoms with E-state index in [4.69, 9.17) is 4.52 Å². The fraction of sp³-hybridized carbons (Fsp3) is 0.750. The van der Waals surface area contributed by atoms with Crippen molar-refractivity contribution < 1.29 is 4.52 Å². The molecule has 0 saturated carbocycles. The normalized spacial score (nSPS) is 23.2. The van der Waals surface area contributed by atoms with E-state index in [9.17, 15) is 0 Å². The smallest absolute Gasteiger partial charge is 0.213 e. The molecule has 1 fully saturated rings. The second kappa shape index (κ2) is 5.19. The molecule has 1 aliphatic heterocycles. The van der Waals surface area contributed by atoms with Gasteiger partial charge < -0.3 is 9.84 Å². The van der Waals surface area contributed by atoms with Gasteiger partial charge in [0.05, 0.1) is 6.04 Å². The number of nitrogens with zero attached hydrogens (tertiary/aromatic N) is 2. The Labute approximate surface area is 83.5 Å². The molecule has 0 amide bonds. The van der Waals surface area contributed by atoms with Gasteiger partial charge >= 0.3 is 0 Å². The highest BCUT2D eigenvalue weighted by atomic mass is 35.5. The maximum atomic E-state index is 4.71. The molecule has 0 aliphatic carbocycles. The zero-order chi connectivity index (χ0) is 8.23. The van der Waals surface area contributed by atoms with E-state index in [0.717, 1.165) is 18.8 Å². The van der Waals surface area contributed by atoms with Crippen molar-refractivity contribution in [1.29, 1.82) is 0 Å². The fourth-order valence-electron chi connectivity index (χ4n) is 1.58. The molecule has 0 aromatic carbocycles. The Morgan fingerprint density at radius 1 is 1.38 bits per heavy atom. The van der Waals surface area contributed by atoms with Crippen LogP contribution in [0.15, 0.2) is 10.9 Å². The summed E-state index contributed by atoms with van der Waals surface area (Å²) in [6, 6.07) is 0.311. The van der Waals surface area contributed by atoms with E-state index in [0.29, 0.717) is 6.04 Å². The SMILES string of the molecule is Cl.c1nc(C2CCCCCN2)no1. The lowest BCUT2D eigenvalue weighted by atomic mass is 10.1. The standard InChI is InChI=1S/C8H13N3O.ClH/c1-2-4-7(9-5-3-1)8-10-6-12-11-8;/h6-7,9H,1-5H2;1H. The van der Waals surface area contributed by atoms with Crippen LogP contribution in [0.5, 0.6) is 0 Å². The minimum atomic E-state index is 0. The number of hydrogen-bond acceptors (Lipinski definition) is 4. The van der Waals surface area contributed by atoms with Crippen molar-refractivity contribution >= 4 is 12.4 Å². The Hall–Kier alpha value is -0.610. The minimum Gasteiger partial charge on any atom is -0.343 e. The molecule has 0 spiro atoms. The van der Waals surface area contributed by atoms with Crippen molar-refractivity contribution in [3.8, 4) is 0 Å². The second-order valence-electron chi connectivity index (χ2n) is 3.15. The van der Waals surface area contributed by atoms with Crippen LogP contribution in [0.25, 0.3) is 0 Å². The molecule has 1 aliphatic rings. The Morgan fingerprint density at radius 2 is 2.31 bits per heavy atom. The highest BCUT2D eigenvalue weighted by Crippen LogP contribution is 2.18. The summed E-state index contributed by atoms with van der Waals surface area (Å²) in [6.07, 6.45) is 6.34. The van der Waals surface area contributed by atoms with Crippen LogP contribution >= 0.6 is 12.4 Å². The molecule has 1 atom stereocenters. The van der Waals surface area contributed by atoms with Gasteiger partial charge in [0.25, 0.3) is 0 Å². The van der Waals surface area contributed by atoms with Gasteiger partial charge in [-0.25, -0.2) is 0 Å². The molecule has 5 heteroatoms. The lowest BCUT2D eigenvalue weighted by Crippen LogP contribution is -2.21. The number of halogens is 1. The van der Waals surface area contributed by atoms with Gasteiger partial charge in [0.15, 0.2) is 5.82 Å². The summed E-state index contributed by atoms with van der Waals surface area (Å²) in [4.78, 5) is 4.04. The monoisotopic (exact) mass is 203 g/mol. The Kier molecular flexibility index (Phi) is 4.18. The van der Waals surface area contributed by atoms with Gasteiger partial charge in [-0.15, -0.1) is 12.4 Å². The van der Waals surface area contributed by atoms with Crippen LogP contribution in [0.2, 0.25) is 0 Å². The Bertz CT molecular complexity index is 219. The average Bonchev–Trinajstić information content (AvgIpc) is 2.48. The minimum absolute atomic E-state index is 0. The first kappa shape index (κ1) is 10.5. The first-order valence-electron chi connectivity index (χ1n) is 4.46. The zero-order valence-electron chi connectivity index (χ0n) is 7.40. The molecule has 1 aromatic rings. The summed E-state index contributed by atoms with van der Waals surface area (Å²) in [5.74, 6) is 0.803. The third-order valence-electron chi connectivity index (χ3n) is 2.25. The quantitative estimate of drug-likeness (QED) is 0.755. The van der Waals surface area contributed by atoms with Gasteiger partial charge in [-0.1, -0.05) is 18.0 Å². The summed E-state index contributed by atoms with van der Waals surface area (Å²) in [7, 11) is 0. The predicted octanol–water partition coefficient (Wildman–Crippen LogP) is 1.70. The zero-order valence-corrected chi connectivity index (χ0v) is 8.22. The van der Waals surface area contributed by atoms with Gasteiger partial charge in [0.2, 0.25) is 6.39 Å². The first-order chi connectivity index (χ1) is 5.97. The van der Waals surface area contributed by atoms with Crippen LogP contribution in [-0.2, 0) is 0 Å². The molecule has 4 nitrogen and oxygen atoms in total. The van der Waals surface area contributed by atoms with Crippen molar-refractivity contribution in [1.82, 2.24) is 15.5 Å². The van der Waals surface area contributed by atoms with Crippen molar-refractivity contribution in [3.05, 3.63) is 12.2 Å². The van der Waals surface area contributed by atoms with Crippen molar-refractivity contribution in [2.75, 3.05) is 6.54 Å². The van der Waals surface area contributed by atoms with Gasteiger partial charge in [-0.2, -0.15) is 4.98 Å². The topological polar surface area (TPSA) is 51.0 Å². The number of hydrogen-bond donors (Lipinski definition) is 1. The maximum Gasteiger partial charge on any atom is 0.213 e. The summed E-state index contributed by atoms with van der Waals surface area (Å²) in [6.45, 7) is 1.07. The van der Waals surface area contributed by atoms with Gasteiger partial charge in [0, 0.05) is 0 Å². The molecular weight excluding hydrogens is 190 g/mol. The molecule has 74 valence electrons. The molecular formula is C8H14ClN3O. The molecule has 1 saturated heterocycles. The van der Waals surface area contributed by atoms with Crippen LogP contribution in [0, 0.1) is 0 Å². The summed E-state index contributed by atoms with van der Waals surface area (Å²) >= 11 is 0.